The molecule has 2 atom stereocenters. The average molecular weight is 470 g/mol. The van der Waals surface area contributed by atoms with Crippen LogP contribution in [0, 0.1) is 0 Å². The van der Waals surface area contributed by atoms with Gasteiger partial charge in [0.25, 0.3) is 0 Å². The van der Waals surface area contributed by atoms with E-state index >= 15 is 0 Å². The molecular weight excluding hydrogens is 429 g/mol. The summed E-state index contributed by atoms with van der Waals surface area (Å²) in [4.78, 5) is 14.9. The molecule has 0 aromatic heterocycles. The van der Waals surface area contributed by atoms with Crippen molar-refractivity contribution in [3.05, 3.63) is 25.3 Å². The van der Waals surface area contributed by atoms with Crippen LogP contribution >= 0.6 is 0 Å². The number of amides is 1. The van der Waals surface area contributed by atoms with Crippen molar-refractivity contribution < 1.29 is 9.53 Å². The van der Waals surface area contributed by atoms with E-state index < -0.39 is 18.4 Å². The molecule has 1 aliphatic heterocycles. The Morgan fingerprint density at radius 3 is 2.04 bits per heavy atom. The molecule has 1 rings (SSSR count). The quantitative estimate of drug-likeness (QED) is 0.197. The molecule has 1 fully saturated rings. The Morgan fingerprint density at radius 1 is 1.08 bits per heavy atom. The molecule has 4 heteroatoms. The Balaban J connectivity index is 3.26. The van der Waals surface area contributed by atoms with Gasteiger partial charge in [0.15, 0.2) is 0 Å². The van der Waals surface area contributed by atoms with Crippen molar-refractivity contribution in [3.8, 4) is 0 Å². The number of cyclic esters (lactones) is 1. The third-order valence-electron chi connectivity index (χ3n) is 5.96. The first kappa shape index (κ1) is 23.6. The van der Waals surface area contributed by atoms with Gasteiger partial charge >= 0.3 is 166 Å². The molecule has 0 radical (unpaired) electrons. The molecule has 1 aliphatic rings. The fourth-order valence-corrected chi connectivity index (χ4v) is 23.0. The van der Waals surface area contributed by atoms with E-state index in [-0.39, 0.29) is 12.1 Å². The fourth-order valence-electron chi connectivity index (χ4n) is 4.50. The summed E-state index contributed by atoms with van der Waals surface area (Å²) >= 11 is -2.61. The Kier molecular flexibility index (Phi) is 11.7. The summed E-state index contributed by atoms with van der Waals surface area (Å²) in [6.07, 6.45) is 13.4. The van der Waals surface area contributed by atoms with Crippen LogP contribution in [0.4, 0.5) is 4.79 Å². The maximum atomic E-state index is 12.7. The topological polar surface area (TPSA) is 29.5 Å². The molecule has 150 valence electrons. The Hall–Kier alpha value is -0.451. The van der Waals surface area contributed by atoms with Crippen LogP contribution in [0.2, 0.25) is 13.3 Å². The number of nitrogens with zero attached hydrogens (tertiary/aromatic N) is 1. The van der Waals surface area contributed by atoms with E-state index in [1.807, 2.05) is 6.08 Å². The van der Waals surface area contributed by atoms with Gasteiger partial charge in [-0.15, -0.1) is 0 Å². The molecule has 0 aromatic carbocycles. The second-order valence-corrected chi connectivity index (χ2v) is 21.8. The Morgan fingerprint density at radius 2 is 1.62 bits per heavy atom. The minimum atomic E-state index is -2.61. The molecule has 0 aliphatic carbocycles. The van der Waals surface area contributed by atoms with E-state index in [0.29, 0.717) is 10.7 Å². The van der Waals surface area contributed by atoms with Gasteiger partial charge < -0.3 is 0 Å². The Bertz CT molecular complexity index is 416. The number of carbonyl (C=O) groups is 1. The van der Waals surface area contributed by atoms with Crippen LogP contribution in [0.25, 0.3) is 0 Å². The summed E-state index contributed by atoms with van der Waals surface area (Å²) in [6.45, 7) is 15.4. The minimum absolute atomic E-state index is 0.0886. The number of carbonyl (C=O) groups excluding carboxylic acids is 1. The van der Waals surface area contributed by atoms with Gasteiger partial charge in [0.2, 0.25) is 0 Å². The standard InChI is InChI=1S/C10H14NO2.3C4H9.Sn/c1-3-5-7-11-9(6-4-2)8-13-10(11)12;3*1-3-4-2;/h3-4,7,9H,1-2,5-6,8H2;3*1,3-4H2,2H3;/t9-;;;;/m0..../s1. The zero-order chi connectivity index (χ0) is 19.4. The van der Waals surface area contributed by atoms with E-state index in [2.05, 4.69) is 44.9 Å². The van der Waals surface area contributed by atoms with Gasteiger partial charge in [-0.3, -0.25) is 0 Å². The van der Waals surface area contributed by atoms with E-state index in [0.717, 1.165) is 12.8 Å². The number of rotatable bonds is 15. The summed E-state index contributed by atoms with van der Waals surface area (Å²) < 4.78 is 10.1. The van der Waals surface area contributed by atoms with Gasteiger partial charge in [0, 0.05) is 0 Å². The molecule has 1 amide bonds. The number of hydrogen-bond donors (Lipinski definition) is 0. The number of ether oxygens (including phenoxy) is 1. The first-order chi connectivity index (χ1) is 12.6. The van der Waals surface area contributed by atoms with Gasteiger partial charge in [0.05, 0.1) is 0 Å². The predicted octanol–water partition coefficient (Wildman–Crippen LogP) is 6.72. The van der Waals surface area contributed by atoms with Crippen molar-refractivity contribution in [3.63, 3.8) is 0 Å². The summed E-state index contributed by atoms with van der Waals surface area (Å²) in [6, 6.07) is 0.172. The molecule has 0 aromatic rings. The molecule has 0 spiro atoms. The number of hydrogen-bond acceptors (Lipinski definition) is 2. The van der Waals surface area contributed by atoms with Crippen LogP contribution in [0.5, 0.6) is 0 Å². The van der Waals surface area contributed by atoms with Crippen molar-refractivity contribution in [2.45, 2.75) is 95.5 Å². The number of unbranched alkanes of at least 4 members (excludes halogenated alkanes) is 3. The maximum absolute atomic E-state index is 12.7. The van der Waals surface area contributed by atoms with Gasteiger partial charge in [-0.2, -0.15) is 0 Å². The monoisotopic (exact) mass is 471 g/mol. The SMILES string of the molecule is C=CC[C@H]1COC(=O)N1[C@@H](CC=C)[Sn]([CH2]CCC)([CH2]CCC)[CH2]CCC. The fraction of sp³-hybridized carbons (Fsp3) is 0.773. The summed E-state index contributed by atoms with van der Waals surface area (Å²) in [5.74, 6) is 0. The van der Waals surface area contributed by atoms with Crippen LogP contribution in [-0.2, 0) is 4.74 Å². The normalized spacial score (nSPS) is 18.7. The van der Waals surface area contributed by atoms with Crippen molar-refractivity contribution in [1.82, 2.24) is 4.90 Å². The van der Waals surface area contributed by atoms with Crippen LogP contribution in [0.15, 0.2) is 25.3 Å². The summed E-state index contributed by atoms with van der Waals surface area (Å²) in [7, 11) is 0. The van der Waals surface area contributed by atoms with E-state index in [4.69, 9.17) is 4.74 Å². The van der Waals surface area contributed by atoms with Crippen molar-refractivity contribution in [1.29, 1.82) is 0 Å². The first-order valence-corrected chi connectivity index (χ1v) is 18.5. The zero-order valence-corrected chi connectivity index (χ0v) is 20.3. The Labute approximate surface area is 166 Å². The van der Waals surface area contributed by atoms with Crippen LogP contribution < -0.4 is 0 Å². The van der Waals surface area contributed by atoms with Crippen molar-refractivity contribution in [2.75, 3.05) is 6.61 Å². The molecule has 1 heterocycles. The van der Waals surface area contributed by atoms with Gasteiger partial charge in [-0.05, 0) is 0 Å². The second-order valence-electron chi connectivity index (χ2n) is 7.88. The molecule has 0 bridgehead atoms. The predicted molar refractivity (Wildman–Crippen MR) is 115 cm³/mol. The second kappa shape index (κ2) is 12.8. The molecule has 0 saturated carbocycles. The molecule has 26 heavy (non-hydrogen) atoms. The molecule has 0 N–H and O–H groups in total. The summed E-state index contributed by atoms with van der Waals surface area (Å²) in [5, 5.41) is 0. The van der Waals surface area contributed by atoms with E-state index in [1.54, 1.807) is 0 Å². The third kappa shape index (κ3) is 6.31. The van der Waals surface area contributed by atoms with E-state index in [9.17, 15) is 4.79 Å². The zero-order valence-electron chi connectivity index (χ0n) is 17.5. The summed E-state index contributed by atoms with van der Waals surface area (Å²) in [5.41, 5.74) is 0. The van der Waals surface area contributed by atoms with Crippen LogP contribution in [0.1, 0.15) is 72.1 Å². The first-order valence-electron chi connectivity index (χ1n) is 10.8. The molecular formula is C22H41NO2Sn. The van der Waals surface area contributed by atoms with Crippen molar-refractivity contribution >= 4 is 24.5 Å². The van der Waals surface area contributed by atoms with Gasteiger partial charge in [-0.25, -0.2) is 0 Å². The third-order valence-corrected chi connectivity index (χ3v) is 23.0. The van der Waals surface area contributed by atoms with Crippen LogP contribution in [-0.4, -0.2) is 46.1 Å². The molecule has 3 nitrogen and oxygen atoms in total. The average Bonchev–Trinajstić information content (AvgIpc) is 3.00. The van der Waals surface area contributed by atoms with Crippen molar-refractivity contribution in [2.24, 2.45) is 0 Å². The van der Waals surface area contributed by atoms with E-state index in [1.165, 1.54) is 51.8 Å². The van der Waals surface area contributed by atoms with Crippen LogP contribution in [0.3, 0.4) is 0 Å². The molecule has 1 saturated heterocycles. The van der Waals surface area contributed by atoms with Gasteiger partial charge in [-0.1, -0.05) is 0 Å². The van der Waals surface area contributed by atoms with Gasteiger partial charge in [0.1, 0.15) is 0 Å². The molecule has 0 unspecified atom stereocenters.